The molecule has 5 nitrogen and oxygen atoms in total. The first-order chi connectivity index (χ1) is 10.4. The van der Waals surface area contributed by atoms with Gasteiger partial charge in [-0.25, -0.2) is 4.21 Å². The van der Waals surface area contributed by atoms with E-state index in [1.165, 1.54) is 0 Å². The lowest BCUT2D eigenvalue weighted by Crippen LogP contribution is -2.38. The minimum atomic E-state index is -2.87. The molecule has 1 amide bonds. The van der Waals surface area contributed by atoms with Gasteiger partial charge < -0.3 is 4.90 Å². The summed E-state index contributed by atoms with van der Waals surface area (Å²) in [7, 11) is -1.08. The van der Waals surface area contributed by atoms with Crippen LogP contribution in [0.3, 0.4) is 0 Å². The molecule has 0 fully saturated rings. The van der Waals surface area contributed by atoms with Crippen LogP contribution in [-0.4, -0.2) is 37.3 Å². The molecule has 2 rings (SSSR count). The molecule has 0 bridgehead atoms. The van der Waals surface area contributed by atoms with Crippen molar-refractivity contribution in [3.8, 4) is 0 Å². The molecule has 1 aromatic rings. The number of hydrogen-bond acceptors (Lipinski definition) is 4. The molecule has 1 aliphatic rings. The smallest absolute Gasteiger partial charge is 0.265 e. The number of nitrogens with one attached hydrogen (secondary N) is 1. The number of carbonyl (C=O) groups is 1. The van der Waals surface area contributed by atoms with Crippen LogP contribution in [-0.2, 0) is 16.5 Å². The minimum absolute atomic E-state index is 0.0320. The summed E-state index contributed by atoms with van der Waals surface area (Å²) in [5.41, 5.74) is 1.52. The molecule has 0 radical (unpaired) electrons. The summed E-state index contributed by atoms with van der Waals surface area (Å²) < 4.78 is 20.7. The van der Waals surface area contributed by atoms with Gasteiger partial charge in [0.05, 0.1) is 10.5 Å². The van der Waals surface area contributed by atoms with Crippen LogP contribution in [0.15, 0.2) is 27.1 Å². The highest BCUT2D eigenvalue weighted by Gasteiger charge is 2.40. The Morgan fingerprint density at radius 3 is 2.39 bits per heavy atom. The largest absolute Gasteiger partial charge is 0.305 e. The lowest BCUT2D eigenvalue weighted by molar-refractivity contribution is 0.0985. The number of benzene rings is 1. The van der Waals surface area contributed by atoms with E-state index in [1.807, 2.05) is 31.1 Å². The van der Waals surface area contributed by atoms with Gasteiger partial charge in [0, 0.05) is 6.54 Å². The highest BCUT2D eigenvalue weighted by Crippen LogP contribution is 2.39. The summed E-state index contributed by atoms with van der Waals surface area (Å²) in [6.07, 6.45) is 0. The molecule has 1 unspecified atom stereocenters. The van der Waals surface area contributed by atoms with Crippen LogP contribution in [0.5, 0.6) is 0 Å². The van der Waals surface area contributed by atoms with E-state index in [2.05, 4.69) is 38.6 Å². The maximum absolute atomic E-state index is 13.3. The predicted octanol–water partition coefficient (Wildman–Crippen LogP) is 3.24. The Hall–Kier alpha value is -1.18. The molecule has 1 heterocycles. The van der Waals surface area contributed by atoms with Crippen molar-refractivity contribution in [2.75, 3.05) is 14.1 Å². The second-order valence-corrected chi connectivity index (χ2v) is 15.0. The first-order valence-corrected chi connectivity index (χ1v) is 12.2. The second kappa shape index (κ2) is 5.72. The fourth-order valence-electron chi connectivity index (χ4n) is 2.23. The minimum Gasteiger partial charge on any atom is -0.305 e. The molecule has 0 aromatic heterocycles. The Balaban J connectivity index is 2.56. The number of carbonyl (C=O) groups excluding carboxylic acids is 1. The van der Waals surface area contributed by atoms with Crippen molar-refractivity contribution in [3.63, 3.8) is 0 Å². The SMILES string of the molecule is CN(C)Cc1ccc2c(c1)C(=O)NS2(=O)=N[Si](C)(C)C(C)(C)C. The van der Waals surface area contributed by atoms with Crippen LogP contribution in [0.25, 0.3) is 0 Å². The van der Waals surface area contributed by atoms with Gasteiger partial charge in [0.15, 0.2) is 18.2 Å². The third kappa shape index (κ3) is 3.51. The molecule has 1 N–H and O–H groups in total. The normalized spacial score (nSPS) is 21.3. The average Bonchev–Trinajstić information content (AvgIpc) is 2.58. The van der Waals surface area contributed by atoms with Crippen LogP contribution in [0.1, 0.15) is 36.7 Å². The molecule has 23 heavy (non-hydrogen) atoms. The van der Waals surface area contributed by atoms with E-state index in [0.29, 0.717) is 10.5 Å². The first kappa shape index (κ1) is 18.2. The van der Waals surface area contributed by atoms with E-state index < -0.39 is 18.2 Å². The molecule has 0 aliphatic carbocycles. The lowest BCUT2D eigenvalue weighted by atomic mass is 10.1. The van der Waals surface area contributed by atoms with Crippen molar-refractivity contribution in [2.24, 2.45) is 4.03 Å². The summed E-state index contributed by atoms with van der Waals surface area (Å²) >= 11 is 0. The standard InChI is InChI=1S/C16H27N3O2SSi/c1-16(2,3)23(6,7)18-22(21)14-9-8-12(11-19(4)5)10-13(14)15(20)17-22/h8-10H,11H2,1-7H3,(H,17,18,20,21). The average molecular weight is 354 g/mol. The van der Waals surface area contributed by atoms with Crippen LogP contribution in [0, 0.1) is 0 Å². The summed E-state index contributed by atoms with van der Waals surface area (Å²) in [6, 6.07) is 5.56. The monoisotopic (exact) mass is 353 g/mol. The number of hydrogen-bond donors (Lipinski definition) is 1. The van der Waals surface area contributed by atoms with Gasteiger partial charge in [0.25, 0.3) is 5.91 Å². The van der Waals surface area contributed by atoms with Gasteiger partial charge in [0.2, 0.25) is 0 Å². The van der Waals surface area contributed by atoms with Crippen molar-refractivity contribution in [1.29, 1.82) is 0 Å². The molecule has 0 saturated carbocycles. The van der Waals surface area contributed by atoms with E-state index >= 15 is 0 Å². The van der Waals surface area contributed by atoms with Crippen LogP contribution >= 0.6 is 0 Å². The van der Waals surface area contributed by atoms with E-state index in [0.717, 1.165) is 12.1 Å². The van der Waals surface area contributed by atoms with Crippen LogP contribution in [0.2, 0.25) is 18.1 Å². The highest BCUT2D eigenvalue weighted by atomic mass is 32.2. The maximum atomic E-state index is 13.3. The zero-order valence-electron chi connectivity index (χ0n) is 15.1. The summed E-state index contributed by atoms with van der Waals surface area (Å²) in [4.78, 5) is 14.9. The van der Waals surface area contributed by atoms with Gasteiger partial charge >= 0.3 is 0 Å². The van der Waals surface area contributed by atoms with Crippen molar-refractivity contribution in [2.45, 2.75) is 50.3 Å². The number of nitrogens with zero attached hydrogens (tertiary/aromatic N) is 2. The molecule has 0 saturated heterocycles. The number of amides is 1. The summed E-state index contributed by atoms with van der Waals surface area (Å²) in [5.74, 6) is -0.284. The molecular weight excluding hydrogens is 326 g/mol. The Labute approximate surface area is 140 Å². The molecule has 0 spiro atoms. The third-order valence-corrected chi connectivity index (χ3v) is 12.4. The van der Waals surface area contributed by atoms with E-state index in [-0.39, 0.29) is 10.9 Å². The Morgan fingerprint density at radius 2 is 1.87 bits per heavy atom. The summed E-state index contributed by atoms with van der Waals surface area (Å²) in [5, 5.41) is -0.0320. The van der Waals surface area contributed by atoms with Crippen molar-refractivity contribution < 1.29 is 9.00 Å². The van der Waals surface area contributed by atoms with Crippen molar-refractivity contribution >= 4 is 24.1 Å². The van der Waals surface area contributed by atoms with Crippen LogP contribution < -0.4 is 4.72 Å². The van der Waals surface area contributed by atoms with Crippen molar-refractivity contribution in [1.82, 2.24) is 9.62 Å². The molecule has 1 aliphatic heterocycles. The molecule has 128 valence electrons. The lowest BCUT2D eigenvalue weighted by Gasteiger charge is -2.32. The van der Waals surface area contributed by atoms with E-state index in [9.17, 15) is 9.00 Å². The zero-order chi connectivity index (χ0) is 17.6. The zero-order valence-corrected chi connectivity index (χ0v) is 16.9. The fraction of sp³-hybridized carbons (Fsp3) is 0.562. The Morgan fingerprint density at radius 1 is 1.26 bits per heavy atom. The van der Waals surface area contributed by atoms with Gasteiger partial charge in [-0.15, -0.1) is 0 Å². The Bertz CT molecular complexity index is 757. The van der Waals surface area contributed by atoms with Crippen molar-refractivity contribution in [3.05, 3.63) is 29.3 Å². The van der Waals surface area contributed by atoms with Gasteiger partial charge in [-0.1, -0.05) is 26.8 Å². The van der Waals surface area contributed by atoms with E-state index in [1.54, 1.807) is 6.07 Å². The number of rotatable bonds is 3. The Kier molecular flexibility index (Phi) is 4.51. The van der Waals surface area contributed by atoms with Gasteiger partial charge in [-0.05, 0) is 49.9 Å². The molecular formula is C16H27N3O2SSi. The molecule has 7 heteroatoms. The second-order valence-electron chi connectivity index (χ2n) is 7.93. The van der Waals surface area contributed by atoms with Gasteiger partial charge in [-0.3, -0.25) is 13.5 Å². The number of fused-ring (bicyclic) bond motifs is 1. The highest BCUT2D eigenvalue weighted by molar-refractivity contribution is 7.93. The van der Waals surface area contributed by atoms with Crippen LogP contribution in [0.4, 0.5) is 0 Å². The topological polar surface area (TPSA) is 61.8 Å². The third-order valence-electron chi connectivity index (χ3n) is 4.51. The molecule has 1 aromatic carbocycles. The fourth-order valence-corrected chi connectivity index (χ4v) is 7.64. The summed E-state index contributed by atoms with van der Waals surface area (Å²) in [6.45, 7) is 11.3. The molecule has 1 atom stereocenters. The van der Waals surface area contributed by atoms with Gasteiger partial charge in [-0.2, -0.15) is 0 Å². The first-order valence-electron chi connectivity index (χ1n) is 7.74. The van der Waals surface area contributed by atoms with E-state index in [4.69, 9.17) is 4.03 Å². The predicted molar refractivity (Wildman–Crippen MR) is 97.3 cm³/mol. The quantitative estimate of drug-likeness (QED) is 0.849. The van der Waals surface area contributed by atoms with Gasteiger partial charge in [0.1, 0.15) is 0 Å². The maximum Gasteiger partial charge on any atom is 0.265 e.